The van der Waals surface area contributed by atoms with Gasteiger partial charge in [0.2, 0.25) is 5.91 Å². The summed E-state index contributed by atoms with van der Waals surface area (Å²) in [6.45, 7) is 1.45. The van der Waals surface area contributed by atoms with Crippen LogP contribution in [0.1, 0.15) is 6.92 Å². The van der Waals surface area contributed by atoms with Crippen LogP contribution in [-0.2, 0) is 9.59 Å². The fraction of sp³-hybridized carbons (Fsp3) is 0.714. The second-order valence-electron chi connectivity index (χ2n) is 2.22. The van der Waals surface area contributed by atoms with Crippen molar-refractivity contribution in [1.29, 1.82) is 0 Å². The number of carbonyl (C=O) groups is 2. The standard InChI is InChI=1S/C5H9NO3S.C2H6OS/c1-3(7)6-4(2-10)5(8)9;3-1-2-4/h4,10H,2H2,1H3,(H,6,7)(H,8,9);3-4H,1-2H2. The predicted octanol–water partition coefficient (Wildman–Crippen LogP) is -0.586. The zero-order valence-electron chi connectivity index (χ0n) is 7.80. The number of aliphatic carboxylic acids is 1. The summed E-state index contributed by atoms with van der Waals surface area (Å²) in [4.78, 5) is 20.5. The number of carbonyl (C=O) groups excluding carboxylic acids is 1. The molecule has 5 nitrogen and oxygen atoms in total. The van der Waals surface area contributed by atoms with Crippen LogP contribution in [0.4, 0.5) is 0 Å². The Labute approximate surface area is 93.7 Å². The smallest absolute Gasteiger partial charge is 0.327 e. The molecular weight excluding hydrogens is 226 g/mol. The Balaban J connectivity index is 0. The first-order valence-corrected chi connectivity index (χ1v) is 5.08. The highest BCUT2D eigenvalue weighted by atomic mass is 32.1. The second-order valence-corrected chi connectivity index (χ2v) is 3.03. The molecule has 7 heteroatoms. The van der Waals surface area contributed by atoms with E-state index in [1.807, 2.05) is 0 Å². The summed E-state index contributed by atoms with van der Waals surface area (Å²) >= 11 is 7.40. The largest absolute Gasteiger partial charge is 0.480 e. The summed E-state index contributed by atoms with van der Waals surface area (Å²) < 4.78 is 0. The molecule has 0 spiro atoms. The van der Waals surface area contributed by atoms with E-state index in [1.54, 1.807) is 0 Å². The van der Waals surface area contributed by atoms with E-state index in [0.717, 1.165) is 0 Å². The summed E-state index contributed by atoms with van der Waals surface area (Å²) in [5.41, 5.74) is 0. The highest BCUT2D eigenvalue weighted by molar-refractivity contribution is 7.80. The van der Waals surface area contributed by atoms with E-state index in [4.69, 9.17) is 10.2 Å². The third-order valence-corrected chi connectivity index (χ3v) is 1.52. The van der Waals surface area contributed by atoms with Crippen LogP contribution in [0.2, 0.25) is 0 Å². The van der Waals surface area contributed by atoms with Crippen LogP contribution in [0, 0.1) is 0 Å². The number of amides is 1. The van der Waals surface area contributed by atoms with Crippen LogP contribution >= 0.6 is 25.3 Å². The first-order valence-electron chi connectivity index (χ1n) is 3.82. The third kappa shape index (κ3) is 11.6. The highest BCUT2D eigenvalue weighted by Crippen LogP contribution is 1.86. The molecule has 0 aromatic rings. The lowest BCUT2D eigenvalue weighted by molar-refractivity contribution is -0.140. The fourth-order valence-electron chi connectivity index (χ4n) is 0.431. The maximum atomic E-state index is 10.3. The molecule has 0 aliphatic carbocycles. The van der Waals surface area contributed by atoms with Crippen molar-refractivity contribution >= 4 is 37.1 Å². The summed E-state index contributed by atoms with van der Waals surface area (Å²) in [6.07, 6.45) is 0. The number of rotatable bonds is 4. The lowest BCUT2D eigenvalue weighted by Gasteiger charge is -2.08. The van der Waals surface area contributed by atoms with E-state index < -0.39 is 12.0 Å². The van der Waals surface area contributed by atoms with Crippen LogP contribution in [0.15, 0.2) is 0 Å². The number of carboxylic acids is 1. The Morgan fingerprint density at radius 2 is 1.86 bits per heavy atom. The van der Waals surface area contributed by atoms with Gasteiger partial charge in [0.05, 0.1) is 6.61 Å². The van der Waals surface area contributed by atoms with Gasteiger partial charge in [0, 0.05) is 18.4 Å². The molecule has 1 atom stereocenters. The molecule has 0 aromatic carbocycles. The maximum Gasteiger partial charge on any atom is 0.327 e. The molecule has 0 fully saturated rings. The van der Waals surface area contributed by atoms with Crippen molar-refractivity contribution in [3.8, 4) is 0 Å². The van der Waals surface area contributed by atoms with Gasteiger partial charge in [-0.3, -0.25) is 4.79 Å². The number of nitrogens with one attached hydrogen (secondary N) is 1. The van der Waals surface area contributed by atoms with Crippen molar-refractivity contribution in [2.75, 3.05) is 18.1 Å². The van der Waals surface area contributed by atoms with Gasteiger partial charge in [-0.2, -0.15) is 25.3 Å². The molecule has 3 N–H and O–H groups in total. The Morgan fingerprint density at radius 3 is 1.93 bits per heavy atom. The van der Waals surface area contributed by atoms with Gasteiger partial charge in [0.25, 0.3) is 0 Å². The topological polar surface area (TPSA) is 86.6 Å². The highest BCUT2D eigenvalue weighted by Gasteiger charge is 2.15. The number of carboxylic acid groups (broad SMARTS) is 1. The number of thiol groups is 2. The van der Waals surface area contributed by atoms with E-state index in [2.05, 4.69) is 30.6 Å². The van der Waals surface area contributed by atoms with Gasteiger partial charge < -0.3 is 15.5 Å². The molecule has 1 amide bonds. The molecule has 0 aromatic heterocycles. The lowest BCUT2D eigenvalue weighted by Crippen LogP contribution is -2.40. The molecule has 0 saturated heterocycles. The number of hydrogen-bond acceptors (Lipinski definition) is 5. The van der Waals surface area contributed by atoms with E-state index in [1.165, 1.54) is 6.92 Å². The van der Waals surface area contributed by atoms with Crippen molar-refractivity contribution in [2.45, 2.75) is 13.0 Å². The molecule has 14 heavy (non-hydrogen) atoms. The van der Waals surface area contributed by atoms with Crippen molar-refractivity contribution in [3.63, 3.8) is 0 Å². The normalized spacial score (nSPS) is 10.9. The molecule has 0 rings (SSSR count). The van der Waals surface area contributed by atoms with E-state index in [-0.39, 0.29) is 18.3 Å². The summed E-state index contributed by atoms with van der Waals surface area (Å²) in [7, 11) is 0. The van der Waals surface area contributed by atoms with Crippen LogP contribution in [0.5, 0.6) is 0 Å². The van der Waals surface area contributed by atoms with Gasteiger partial charge in [-0.25, -0.2) is 4.79 Å². The SMILES string of the molecule is CC(=O)NC(CS)C(=O)O.OCCS. The minimum atomic E-state index is -1.06. The van der Waals surface area contributed by atoms with Gasteiger partial charge in [0.15, 0.2) is 0 Å². The Bertz CT molecular complexity index is 175. The minimum Gasteiger partial charge on any atom is -0.480 e. The van der Waals surface area contributed by atoms with E-state index in [0.29, 0.717) is 5.75 Å². The molecule has 0 radical (unpaired) electrons. The third-order valence-electron chi connectivity index (χ3n) is 0.958. The molecule has 1 unspecified atom stereocenters. The number of aliphatic hydroxyl groups excluding tert-OH is 1. The van der Waals surface area contributed by atoms with Crippen LogP contribution < -0.4 is 5.32 Å². The first-order chi connectivity index (χ1) is 6.49. The van der Waals surface area contributed by atoms with Gasteiger partial charge in [-0.05, 0) is 0 Å². The van der Waals surface area contributed by atoms with Crippen molar-refractivity contribution < 1.29 is 19.8 Å². The molecule has 0 aliphatic rings. The monoisotopic (exact) mass is 241 g/mol. The van der Waals surface area contributed by atoms with Gasteiger partial charge in [-0.1, -0.05) is 0 Å². The summed E-state index contributed by atoms with van der Waals surface area (Å²) in [5, 5.41) is 18.4. The lowest BCUT2D eigenvalue weighted by atomic mass is 10.3. The zero-order valence-corrected chi connectivity index (χ0v) is 9.59. The minimum absolute atomic E-state index is 0.106. The first kappa shape index (κ1) is 16.0. The average molecular weight is 241 g/mol. The average Bonchev–Trinajstić information content (AvgIpc) is 2.14. The quantitative estimate of drug-likeness (QED) is 0.426. The van der Waals surface area contributed by atoms with Crippen molar-refractivity contribution in [1.82, 2.24) is 5.32 Å². The summed E-state index contributed by atoms with van der Waals surface area (Å²) in [6, 6.07) is -0.874. The fourth-order valence-corrected chi connectivity index (χ4v) is 0.678. The number of hydrogen-bond donors (Lipinski definition) is 5. The Morgan fingerprint density at radius 1 is 1.43 bits per heavy atom. The molecule has 0 bridgehead atoms. The van der Waals surface area contributed by atoms with Crippen molar-refractivity contribution in [3.05, 3.63) is 0 Å². The van der Waals surface area contributed by atoms with E-state index in [9.17, 15) is 9.59 Å². The summed E-state index contributed by atoms with van der Waals surface area (Å²) in [5.74, 6) is -0.749. The van der Waals surface area contributed by atoms with E-state index >= 15 is 0 Å². The Hall–Kier alpha value is -0.400. The van der Waals surface area contributed by atoms with Crippen molar-refractivity contribution in [2.24, 2.45) is 0 Å². The van der Waals surface area contributed by atoms with Crippen LogP contribution in [0.3, 0.4) is 0 Å². The molecular formula is C7H15NO4S2. The van der Waals surface area contributed by atoms with Crippen LogP contribution in [-0.4, -0.2) is 46.2 Å². The maximum absolute atomic E-state index is 10.3. The van der Waals surface area contributed by atoms with Crippen LogP contribution in [0.25, 0.3) is 0 Å². The van der Waals surface area contributed by atoms with Gasteiger partial charge in [-0.15, -0.1) is 0 Å². The second kappa shape index (κ2) is 10.7. The zero-order chi connectivity index (χ0) is 11.6. The van der Waals surface area contributed by atoms with Gasteiger partial charge in [0.1, 0.15) is 6.04 Å². The number of aliphatic hydroxyl groups is 1. The molecule has 0 aliphatic heterocycles. The Kier molecular flexibility index (Phi) is 12.2. The predicted molar refractivity (Wildman–Crippen MR) is 60.0 cm³/mol. The molecule has 0 saturated carbocycles. The van der Waals surface area contributed by atoms with Gasteiger partial charge >= 0.3 is 5.97 Å². The molecule has 84 valence electrons. The molecule has 0 heterocycles.